The zero-order valence-corrected chi connectivity index (χ0v) is 7.59. The van der Waals surface area contributed by atoms with Crippen LogP contribution >= 0.6 is 0 Å². The Bertz CT molecular complexity index is 350. The molecule has 2 nitrogen and oxygen atoms in total. The van der Waals surface area contributed by atoms with E-state index in [1.165, 1.54) is 6.07 Å². The van der Waals surface area contributed by atoms with Crippen LogP contribution in [-0.4, -0.2) is 6.61 Å². The number of hydrogen-bond acceptors (Lipinski definition) is 2. The van der Waals surface area contributed by atoms with Gasteiger partial charge in [0.15, 0.2) is 11.6 Å². The Labute approximate surface area is 80.6 Å². The fourth-order valence-corrected chi connectivity index (χ4v) is 1.72. The van der Waals surface area contributed by atoms with Crippen LogP contribution in [0.1, 0.15) is 18.4 Å². The highest BCUT2D eigenvalue weighted by atomic mass is 19.2. The van der Waals surface area contributed by atoms with Crippen LogP contribution in [-0.2, 0) is 10.3 Å². The molecule has 0 amide bonds. The quantitative estimate of drug-likeness (QED) is 0.754. The van der Waals surface area contributed by atoms with Crippen molar-refractivity contribution in [1.29, 1.82) is 0 Å². The van der Waals surface area contributed by atoms with Gasteiger partial charge >= 0.3 is 0 Å². The maximum atomic E-state index is 13.4. The molecule has 76 valence electrons. The third-order valence-electron chi connectivity index (χ3n) is 2.74. The molecule has 0 aromatic heterocycles. The van der Waals surface area contributed by atoms with E-state index < -0.39 is 11.6 Å². The van der Waals surface area contributed by atoms with Crippen LogP contribution in [0.4, 0.5) is 8.78 Å². The smallest absolute Gasteiger partial charge is 0.162 e. The highest BCUT2D eigenvalue weighted by molar-refractivity contribution is 5.33. The molecule has 0 atom stereocenters. The summed E-state index contributed by atoms with van der Waals surface area (Å²) in [6.07, 6.45) is 1.59. The molecule has 1 saturated carbocycles. The molecule has 1 fully saturated rings. The zero-order valence-electron chi connectivity index (χ0n) is 7.59. The first-order valence-electron chi connectivity index (χ1n) is 4.46. The summed E-state index contributed by atoms with van der Waals surface area (Å²) in [5, 5.41) is 0. The number of halogens is 2. The molecular formula is C10H11F2NO. The van der Waals surface area contributed by atoms with E-state index in [9.17, 15) is 8.78 Å². The lowest BCUT2D eigenvalue weighted by molar-refractivity contribution is 0.115. The van der Waals surface area contributed by atoms with Crippen molar-refractivity contribution >= 4 is 0 Å². The molecule has 2 rings (SSSR count). The van der Waals surface area contributed by atoms with E-state index >= 15 is 0 Å². The van der Waals surface area contributed by atoms with E-state index in [1.807, 2.05) is 0 Å². The molecule has 2 N–H and O–H groups in total. The SMILES string of the molecule is NOCC1(c2cccc(F)c2F)CC1. The van der Waals surface area contributed by atoms with E-state index in [0.29, 0.717) is 5.56 Å². The molecule has 4 heteroatoms. The normalized spacial score (nSPS) is 18.2. The van der Waals surface area contributed by atoms with Gasteiger partial charge in [0.05, 0.1) is 6.61 Å². The molecule has 0 spiro atoms. The van der Waals surface area contributed by atoms with Gasteiger partial charge in [-0.15, -0.1) is 0 Å². The third kappa shape index (κ3) is 1.40. The summed E-state index contributed by atoms with van der Waals surface area (Å²) in [7, 11) is 0. The topological polar surface area (TPSA) is 35.2 Å². The van der Waals surface area contributed by atoms with Gasteiger partial charge in [0.25, 0.3) is 0 Å². The lowest BCUT2D eigenvalue weighted by atomic mass is 9.96. The Morgan fingerprint density at radius 2 is 2.07 bits per heavy atom. The van der Waals surface area contributed by atoms with Crippen LogP contribution in [0, 0.1) is 11.6 Å². The van der Waals surface area contributed by atoms with Crippen LogP contribution in [0.15, 0.2) is 18.2 Å². The summed E-state index contributed by atoms with van der Waals surface area (Å²) < 4.78 is 26.3. The van der Waals surface area contributed by atoms with E-state index in [1.54, 1.807) is 6.07 Å². The van der Waals surface area contributed by atoms with Crippen molar-refractivity contribution in [2.75, 3.05) is 6.61 Å². The van der Waals surface area contributed by atoms with Crippen LogP contribution in [0.2, 0.25) is 0 Å². The Morgan fingerprint density at radius 3 is 2.64 bits per heavy atom. The van der Waals surface area contributed by atoms with E-state index in [2.05, 4.69) is 4.84 Å². The van der Waals surface area contributed by atoms with Crippen LogP contribution < -0.4 is 5.90 Å². The van der Waals surface area contributed by atoms with Gasteiger partial charge in [0, 0.05) is 5.41 Å². The van der Waals surface area contributed by atoms with E-state index in [4.69, 9.17) is 5.90 Å². The highest BCUT2D eigenvalue weighted by Crippen LogP contribution is 2.49. The average molecular weight is 199 g/mol. The fraction of sp³-hybridized carbons (Fsp3) is 0.400. The van der Waals surface area contributed by atoms with Crippen molar-refractivity contribution in [2.24, 2.45) is 5.90 Å². The second-order valence-electron chi connectivity index (χ2n) is 3.69. The van der Waals surface area contributed by atoms with Crippen molar-refractivity contribution in [3.05, 3.63) is 35.4 Å². The first-order valence-corrected chi connectivity index (χ1v) is 4.46. The summed E-state index contributed by atoms with van der Waals surface area (Å²) >= 11 is 0. The molecular weight excluding hydrogens is 188 g/mol. The first kappa shape index (κ1) is 9.55. The second-order valence-corrected chi connectivity index (χ2v) is 3.69. The van der Waals surface area contributed by atoms with Gasteiger partial charge in [-0.05, 0) is 24.5 Å². The van der Waals surface area contributed by atoms with Gasteiger partial charge in [-0.25, -0.2) is 14.7 Å². The van der Waals surface area contributed by atoms with Gasteiger partial charge in [-0.1, -0.05) is 12.1 Å². The van der Waals surface area contributed by atoms with Crippen LogP contribution in [0.3, 0.4) is 0 Å². The molecule has 0 aliphatic heterocycles. The first-order chi connectivity index (χ1) is 6.69. The minimum absolute atomic E-state index is 0.243. The number of benzene rings is 1. The van der Waals surface area contributed by atoms with E-state index in [0.717, 1.165) is 18.9 Å². The monoisotopic (exact) mass is 199 g/mol. The number of nitrogens with two attached hydrogens (primary N) is 1. The van der Waals surface area contributed by atoms with Gasteiger partial charge in [-0.3, -0.25) is 0 Å². The van der Waals surface area contributed by atoms with Gasteiger partial charge in [0.1, 0.15) is 0 Å². The molecule has 14 heavy (non-hydrogen) atoms. The van der Waals surface area contributed by atoms with Gasteiger partial charge < -0.3 is 4.84 Å². The van der Waals surface area contributed by atoms with Crippen molar-refractivity contribution in [3.63, 3.8) is 0 Å². The maximum absolute atomic E-state index is 13.4. The van der Waals surface area contributed by atoms with Crippen LogP contribution in [0.25, 0.3) is 0 Å². The highest BCUT2D eigenvalue weighted by Gasteiger charge is 2.46. The summed E-state index contributed by atoms with van der Waals surface area (Å²) in [6.45, 7) is 0.243. The number of rotatable bonds is 3. The summed E-state index contributed by atoms with van der Waals surface area (Å²) in [5.41, 5.74) is -0.0102. The number of hydrogen-bond donors (Lipinski definition) is 1. The van der Waals surface area contributed by atoms with Crippen LogP contribution in [0.5, 0.6) is 0 Å². The molecule has 1 aromatic carbocycles. The average Bonchev–Trinajstić information content (AvgIpc) is 2.91. The van der Waals surface area contributed by atoms with Gasteiger partial charge in [0.2, 0.25) is 0 Å². The Kier molecular flexibility index (Phi) is 2.25. The van der Waals surface area contributed by atoms with Crippen molar-refractivity contribution in [2.45, 2.75) is 18.3 Å². The van der Waals surface area contributed by atoms with Crippen molar-refractivity contribution in [1.82, 2.24) is 0 Å². The Hall–Kier alpha value is -1.00. The molecule has 1 aliphatic carbocycles. The molecule has 0 saturated heterocycles. The predicted octanol–water partition coefficient (Wildman–Crippen LogP) is 1.89. The van der Waals surface area contributed by atoms with E-state index in [-0.39, 0.29) is 12.0 Å². The summed E-state index contributed by atoms with van der Waals surface area (Å²) in [5.74, 6) is 3.37. The van der Waals surface area contributed by atoms with Crippen molar-refractivity contribution < 1.29 is 13.6 Å². The molecule has 0 radical (unpaired) electrons. The zero-order chi connectivity index (χ0) is 10.2. The molecule has 0 bridgehead atoms. The molecule has 0 heterocycles. The lowest BCUT2D eigenvalue weighted by Crippen LogP contribution is -2.19. The molecule has 1 aliphatic rings. The lowest BCUT2D eigenvalue weighted by Gasteiger charge is -2.14. The van der Waals surface area contributed by atoms with Crippen molar-refractivity contribution in [3.8, 4) is 0 Å². The Balaban J connectivity index is 2.37. The minimum atomic E-state index is -0.814. The van der Waals surface area contributed by atoms with Gasteiger partial charge in [-0.2, -0.15) is 0 Å². The Morgan fingerprint density at radius 1 is 1.36 bits per heavy atom. The fourth-order valence-electron chi connectivity index (χ4n) is 1.72. The second kappa shape index (κ2) is 3.29. The summed E-state index contributed by atoms with van der Waals surface area (Å²) in [6, 6.07) is 4.20. The molecule has 1 aromatic rings. The molecule has 0 unspecified atom stereocenters. The maximum Gasteiger partial charge on any atom is 0.162 e. The predicted molar refractivity (Wildman–Crippen MR) is 47.4 cm³/mol. The largest absolute Gasteiger partial charge is 0.304 e. The third-order valence-corrected chi connectivity index (χ3v) is 2.74. The summed E-state index contributed by atoms with van der Waals surface area (Å²) in [4.78, 5) is 4.53. The minimum Gasteiger partial charge on any atom is -0.304 e. The standard InChI is InChI=1S/C10H11F2NO/c11-8-3-1-2-7(9(8)12)10(4-5-10)6-14-13/h1-3H,4-6,13H2.